The lowest BCUT2D eigenvalue weighted by atomic mass is 9.90. The van der Waals surface area contributed by atoms with Crippen molar-refractivity contribution >= 4 is 23.3 Å². The van der Waals surface area contributed by atoms with Gasteiger partial charge in [0.15, 0.2) is 0 Å². The van der Waals surface area contributed by atoms with E-state index in [2.05, 4.69) is 10.4 Å². The average Bonchev–Trinajstić information content (AvgIpc) is 2.54. The SMILES string of the molecule is NNc1ccc(Cl)c(C(=O)N2CCOC3CCCCC32)n1. The van der Waals surface area contributed by atoms with Gasteiger partial charge in [-0.25, -0.2) is 10.8 Å². The van der Waals surface area contributed by atoms with Gasteiger partial charge in [0.2, 0.25) is 0 Å². The van der Waals surface area contributed by atoms with E-state index in [1.54, 1.807) is 12.1 Å². The Morgan fingerprint density at radius 1 is 1.43 bits per heavy atom. The van der Waals surface area contributed by atoms with Gasteiger partial charge in [-0.1, -0.05) is 24.4 Å². The Labute approximate surface area is 128 Å². The van der Waals surface area contributed by atoms with Gasteiger partial charge in [0.25, 0.3) is 5.91 Å². The molecule has 7 heteroatoms. The van der Waals surface area contributed by atoms with Crippen LogP contribution in [0, 0.1) is 0 Å². The first-order valence-electron chi connectivity index (χ1n) is 7.26. The molecule has 0 aromatic carbocycles. The molecule has 6 nitrogen and oxygen atoms in total. The number of nitrogen functional groups attached to an aromatic ring is 1. The van der Waals surface area contributed by atoms with Crippen LogP contribution in [0.15, 0.2) is 12.1 Å². The van der Waals surface area contributed by atoms with Crippen LogP contribution in [0.5, 0.6) is 0 Å². The van der Waals surface area contributed by atoms with Crippen molar-refractivity contribution in [3.63, 3.8) is 0 Å². The van der Waals surface area contributed by atoms with Crippen molar-refractivity contribution in [2.75, 3.05) is 18.6 Å². The van der Waals surface area contributed by atoms with Crippen LogP contribution < -0.4 is 11.3 Å². The van der Waals surface area contributed by atoms with E-state index in [0.29, 0.717) is 24.0 Å². The normalized spacial score (nSPS) is 25.3. The van der Waals surface area contributed by atoms with Crippen LogP contribution >= 0.6 is 11.6 Å². The van der Waals surface area contributed by atoms with Crippen molar-refractivity contribution in [1.82, 2.24) is 9.88 Å². The molecule has 3 N–H and O–H groups in total. The van der Waals surface area contributed by atoms with E-state index in [0.717, 1.165) is 25.7 Å². The van der Waals surface area contributed by atoms with Crippen LogP contribution in [0.1, 0.15) is 36.2 Å². The number of carbonyl (C=O) groups is 1. The fourth-order valence-electron chi connectivity index (χ4n) is 3.16. The summed E-state index contributed by atoms with van der Waals surface area (Å²) in [5, 5.41) is 0.345. The Hall–Kier alpha value is -1.37. The zero-order valence-electron chi connectivity index (χ0n) is 11.7. The van der Waals surface area contributed by atoms with Gasteiger partial charge in [0.1, 0.15) is 11.5 Å². The van der Waals surface area contributed by atoms with Crippen molar-refractivity contribution in [2.45, 2.75) is 37.8 Å². The minimum atomic E-state index is -0.141. The van der Waals surface area contributed by atoms with Gasteiger partial charge in [0, 0.05) is 6.54 Å². The molecular formula is C14H19ClN4O2. The molecule has 1 saturated carbocycles. The number of fused-ring (bicyclic) bond motifs is 1. The maximum Gasteiger partial charge on any atom is 0.274 e. The van der Waals surface area contributed by atoms with E-state index in [1.165, 1.54) is 0 Å². The number of amides is 1. The van der Waals surface area contributed by atoms with E-state index in [9.17, 15) is 4.79 Å². The topological polar surface area (TPSA) is 80.5 Å². The third-order valence-corrected chi connectivity index (χ3v) is 4.49. The molecule has 2 fully saturated rings. The number of carbonyl (C=O) groups excluding carboxylic acids is 1. The van der Waals surface area contributed by atoms with Crippen molar-refractivity contribution in [3.05, 3.63) is 22.8 Å². The van der Waals surface area contributed by atoms with E-state index < -0.39 is 0 Å². The number of pyridine rings is 1. The lowest BCUT2D eigenvalue weighted by molar-refractivity contribution is -0.0754. The van der Waals surface area contributed by atoms with Gasteiger partial charge in [-0.15, -0.1) is 0 Å². The molecule has 1 amide bonds. The second kappa shape index (κ2) is 6.17. The van der Waals surface area contributed by atoms with Crippen LogP contribution in [-0.2, 0) is 4.74 Å². The summed E-state index contributed by atoms with van der Waals surface area (Å²) < 4.78 is 5.79. The first kappa shape index (κ1) is 14.6. The molecule has 0 spiro atoms. The molecule has 114 valence electrons. The van der Waals surface area contributed by atoms with E-state index in [1.807, 2.05) is 4.90 Å². The highest BCUT2D eigenvalue weighted by Gasteiger charge is 2.37. The Balaban J connectivity index is 1.86. The minimum absolute atomic E-state index is 0.132. The van der Waals surface area contributed by atoms with Gasteiger partial charge < -0.3 is 15.1 Å². The van der Waals surface area contributed by atoms with Crippen LogP contribution in [0.2, 0.25) is 5.02 Å². The first-order valence-corrected chi connectivity index (χ1v) is 7.64. The predicted molar refractivity (Wildman–Crippen MR) is 80.1 cm³/mol. The third-order valence-electron chi connectivity index (χ3n) is 4.19. The Morgan fingerprint density at radius 3 is 3.05 bits per heavy atom. The van der Waals surface area contributed by atoms with E-state index in [-0.39, 0.29) is 23.7 Å². The molecule has 3 rings (SSSR count). The van der Waals surface area contributed by atoms with E-state index in [4.69, 9.17) is 22.2 Å². The number of ether oxygens (including phenoxy) is 1. The number of hydrogen-bond acceptors (Lipinski definition) is 5. The molecule has 2 unspecified atom stereocenters. The molecule has 2 atom stereocenters. The lowest BCUT2D eigenvalue weighted by Crippen LogP contribution is -2.55. The molecule has 2 aliphatic rings. The molecule has 1 aliphatic carbocycles. The highest BCUT2D eigenvalue weighted by atomic mass is 35.5. The molecule has 2 heterocycles. The highest BCUT2D eigenvalue weighted by Crippen LogP contribution is 2.30. The lowest BCUT2D eigenvalue weighted by Gasteiger charge is -2.43. The molecule has 1 saturated heterocycles. The smallest absolute Gasteiger partial charge is 0.274 e. The van der Waals surface area contributed by atoms with Crippen LogP contribution in [0.3, 0.4) is 0 Å². The number of rotatable bonds is 2. The first-order chi connectivity index (χ1) is 10.2. The minimum Gasteiger partial charge on any atom is -0.374 e. The van der Waals surface area contributed by atoms with E-state index >= 15 is 0 Å². The number of anilines is 1. The van der Waals surface area contributed by atoms with Crippen molar-refractivity contribution < 1.29 is 9.53 Å². The van der Waals surface area contributed by atoms with Crippen molar-refractivity contribution in [3.8, 4) is 0 Å². The summed E-state index contributed by atoms with van der Waals surface area (Å²) >= 11 is 6.13. The summed E-state index contributed by atoms with van der Waals surface area (Å²) in [5.41, 5.74) is 2.69. The quantitative estimate of drug-likeness (QED) is 0.643. The summed E-state index contributed by atoms with van der Waals surface area (Å²) in [7, 11) is 0. The standard InChI is InChI=1S/C14H19ClN4O2/c15-9-5-6-12(18-16)17-13(9)14(20)19-7-8-21-11-4-2-1-3-10(11)19/h5-6,10-11H,1-4,7-8,16H2,(H,17,18). The predicted octanol–water partition coefficient (Wildman–Crippen LogP) is 1.80. The van der Waals surface area contributed by atoms with Gasteiger partial charge in [-0.2, -0.15) is 0 Å². The fourth-order valence-corrected chi connectivity index (χ4v) is 3.34. The average molecular weight is 311 g/mol. The summed E-state index contributed by atoms with van der Waals surface area (Å²) in [6.07, 6.45) is 4.42. The van der Waals surface area contributed by atoms with Gasteiger partial charge in [-0.3, -0.25) is 4.79 Å². The summed E-state index contributed by atoms with van der Waals surface area (Å²) in [4.78, 5) is 18.9. The number of morpholine rings is 1. The molecule has 1 aromatic heterocycles. The highest BCUT2D eigenvalue weighted by molar-refractivity contribution is 6.33. The molecule has 0 bridgehead atoms. The summed E-state index contributed by atoms with van der Waals surface area (Å²) in [6, 6.07) is 3.41. The second-order valence-electron chi connectivity index (χ2n) is 5.43. The Kier molecular flexibility index (Phi) is 4.28. The Morgan fingerprint density at radius 2 is 2.24 bits per heavy atom. The maximum atomic E-state index is 12.8. The molecule has 0 radical (unpaired) electrons. The van der Waals surface area contributed by atoms with Gasteiger partial charge in [-0.05, 0) is 25.0 Å². The summed E-state index contributed by atoms with van der Waals surface area (Å²) in [5.74, 6) is 5.64. The molecule has 1 aliphatic heterocycles. The van der Waals surface area contributed by atoms with Crippen LogP contribution in [0.4, 0.5) is 5.82 Å². The number of nitrogens with zero attached hydrogens (tertiary/aromatic N) is 2. The number of halogens is 1. The van der Waals surface area contributed by atoms with Gasteiger partial charge >= 0.3 is 0 Å². The number of nitrogens with two attached hydrogens (primary N) is 1. The zero-order valence-corrected chi connectivity index (χ0v) is 12.5. The monoisotopic (exact) mass is 310 g/mol. The largest absolute Gasteiger partial charge is 0.374 e. The number of nitrogens with one attached hydrogen (secondary N) is 1. The van der Waals surface area contributed by atoms with Crippen LogP contribution in [0.25, 0.3) is 0 Å². The van der Waals surface area contributed by atoms with Crippen molar-refractivity contribution in [2.24, 2.45) is 5.84 Å². The van der Waals surface area contributed by atoms with Gasteiger partial charge in [0.05, 0.1) is 23.8 Å². The second-order valence-corrected chi connectivity index (χ2v) is 5.84. The zero-order chi connectivity index (χ0) is 14.8. The number of aromatic nitrogens is 1. The van der Waals surface area contributed by atoms with Crippen LogP contribution in [-0.4, -0.2) is 41.1 Å². The molecule has 21 heavy (non-hydrogen) atoms. The third kappa shape index (κ3) is 2.84. The fraction of sp³-hybridized carbons (Fsp3) is 0.571. The summed E-state index contributed by atoms with van der Waals surface area (Å²) in [6.45, 7) is 1.15. The number of hydrogen-bond donors (Lipinski definition) is 2. The number of hydrazine groups is 1. The van der Waals surface area contributed by atoms with Crippen molar-refractivity contribution in [1.29, 1.82) is 0 Å². The molecule has 1 aromatic rings. The maximum absolute atomic E-state index is 12.8. The molecular weight excluding hydrogens is 292 g/mol. The Bertz CT molecular complexity index is 538.